The monoisotopic (exact) mass is 426 g/mol. The molecule has 0 saturated carbocycles. The van der Waals surface area contributed by atoms with Crippen molar-refractivity contribution in [2.24, 2.45) is 0 Å². The fourth-order valence-electron chi connectivity index (χ4n) is 3.48. The summed E-state index contributed by atoms with van der Waals surface area (Å²) < 4.78 is 37.9. The van der Waals surface area contributed by atoms with E-state index in [-0.39, 0.29) is 4.90 Å². The first-order valence-corrected chi connectivity index (χ1v) is 11.6. The Morgan fingerprint density at radius 3 is 2.37 bits per heavy atom. The predicted octanol–water partition coefficient (Wildman–Crippen LogP) is 3.49. The molecule has 158 valence electrons. The Labute approximate surface area is 177 Å². The van der Waals surface area contributed by atoms with E-state index in [0.29, 0.717) is 6.61 Å². The average Bonchev–Trinajstić information content (AvgIpc) is 3.34. The van der Waals surface area contributed by atoms with Crippen LogP contribution in [0.15, 0.2) is 78.0 Å². The smallest absolute Gasteiger partial charge is 0.267 e. The second-order valence-electron chi connectivity index (χ2n) is 7.23. The van der Waals surface area contributed by atoms with Gasteiger partial charge in [0, 0.05) is 32.0 Å². The van der Waals surface area contributed by atoms with E-state index in [1.807, 2.05) is 30.3 Å². The highest BCUT2D eigenvalue weighted by atomic mass is 32.2. The maximum absolute atomic E-state index is 12.7. The second-order valence-corrected chi connectivity index (χ2v) is 9.07. The van der Waals surface area contributed by atoms with Crippen molar-refractivity contribution in [2.75, 3.05) is 39.5 Å². The third-order valence-electron chi connectivity index (χ3n) is 5.17. The van der Waals surface area contributed by atoms with E-state index >= 15 is 0 Å². The van der Waals surface area contributed by atoms with Crippen molar-refractivity contribution in [3.8, 4) is 16.9 Å². The lowest BCUT2D eigenvalue weighted by atomic mass is 10.1. The molecular formula is C23H26N2O4S. The van der Waals surface area contributed by atoms with Crippen LogP contribution in [0.5, 0.6) is 5.75 Å². The quantitative estimate of drug-likeness (QED) is 0.516. The summed E-state index contributed by atoms with van der Waals surface area (Å²) in [6, 6.07) is 18.2. The molecule has 0 aliphatic carbocycles. The summed E-state index contributed by atoms with van der Waals surface area (Å²) in [5.74, 6) is 0.817. The molecule has 0 amide bonds. The highest BCUT2D eigenvalue weighted by Crippen LogP contribution is 2.25. The first-order valence-electron chi connectivity index (χ1n) is 10.1. The summed E-state index contributed by atoms with van der Waals surface area (Å²) in [5.41, 5.74) is 1.79. The third kappa shape index (κ3) is 4.92. The summed E-state index contributed by atoms with van der Waals surface area (Å²) in [4.78, 5) is 2.66. The molecule has 3 aromatic rings. The Morgan fingerprint density at radius 1 is 0.900 bits per heavy atom. The van der Waals surface area contributed by atoms with Gasteiger partial charge in [-0.15, -0.1) is 0 Å². The molecule has 1 aliphatic heterocycles. The van der Waals surface area contributed by atoms with Crippen LogP contribution in [0.2, 0.25) is 0 Å². The van der Waals surface area contributed by atoms with Gasteiger partial charge in [-0.05, 0) is 53.9 Å². The lowest BCUT2D eigenvalue weighted by Gasteiger charge is -2.26. The Morgan fingerprint density at radius 2 is 1.63 bits per heavy atom. The SMILES string of the molecule is O=S(=O)(c1cccc(-c2ccc(OCCCN3CCOCC3)cc2)c1)n1cccc1. The Balaban J connectivity index is 1.37. The Kier molecular flexibility index (Phi) is 6.52. The number of hydrogen-bond donors (Lipinski definition) is 0. The number of hydrogen-bond acceptors (Lipinski definition) is 5. The number of aromatic nitrogens is 1. The summed E-state index contributed by atoms with van der Waals surface area (Å²) in [7, 11) is -3.58. The van der Waals surface area contributed by atoms with E-state index in [2.05, 4.69) is 4.90 Å². The van der Waals surface area contributed by atoms with E-state index in [1.54, 1.807) is 30.3 Å². The molecule has 1 fully saturated rings. The number of rotatable bonds is 8. The Bertz CT molecular complexity index is 1040. The van der Waals surface area contributed by atoms with Crippen molar-refractivity contribution in [2.45, 2.75) is 11.3 Å². The summed E-state index contributed by atoms with van der Waals surface area (Å²) >= 11 is 0. The van der Waals surface area contributed by atoms with Crippen LogP contribution in [0, 0.1) is 0 Å². The van der Waals surface area contributed by atoms with Crippen LogP contribution in [-0.4, -0.2) is 56.7 Å². The third-order valence-corrected chi connectivity index (χ3v) is 6.81. The molecule has 7 heteroatoms. The van der Waals surface area contributed by atoms with Gasteiger partial charge in [0.15, 0.2) is 0 Å². The minimum atomic E-state index is -3.58. The van der Waals surface area contributed by atoms with Gasteiger partial charge in [-0.25, -0.2) is 12.4 Å². The fourth-order valence-corrected chi connectivity index (χ4v) is 4.71. The van der Waals surface area contributed by atoms with Crippen molar-refractivity contribution in [3.63, 3.8) is 0 Å². The summed E-state index contributed by atoms with van der Waals surface area (Å²) in [6.07, 6.45) is 4.04. The first kappa shape index (κ1) is 20.7. The van der Waals surface area contributed by atoms with Crippen molar-refractivity contribution in [1.29, 1.82) is 0 Å². The standard InChI is InChI=1S/C23H26N2O4S/c26-30(27,25-12-1-2-13-25)23-6-3-5-21(19-23)20-7-9-22(10-8-20)29-16-4-11-24-14-17-28-18-15-24/h1-3,5-10,12-13,19H,4,11,14-18H2. The zero-order chi connectivity index (χ0) is 20.8. The van der Waals surface area contributed by atoms with Crippen LogP contribution in [0.3, 0.4) is 0 Å². The molecule has 2 heterocycles. The van der Waals surface area contributed by atoms with Crippen LogP contribution in [0.4, 0.5) is 0 Å². The molecule has 1 aliphatic rings. The van der Waals surface area contributed by atoms with Crippen molar-refractivity contribution in [3.05, 3.63) is 73.1 Å². The highest BCUT2D eigenvalue weighted by Gasteiger charge is 2.16. The van der Waals surface area contributed by atoms with Crippen LogP contribution in [0.25, 0.3) is 11.1 Å². The van der Waals surface area contributed by atoms with Gasteiger partial charge in [-0.3, -0.25) is 4.90 Å². The van der Waals surface area contributed by atoms with E-state index in [4.69, 9.17) is 9.47 Å². The summed E-state index contributed by atoms with van der Waals surface area (Å²) in [6.45, 7) is 5.31. The molecule has 0 atom stereocenters. The first-order chi connectivity index (χ1) is 14.6. The Hall–Kier alpha value is -2.61. The molecule has 0 radical (unpaired) electrons. The van der Waals surface area contributed by atoms with Crippen molar-refractivity contribution < 1.29 is 17.9 Å². The number of ether oxygens (including phenoxy) is 2. The molecule has 1 aromatic heterocycles. The van der Waals surface area contributed by atoms with Gasteiger partial charge >= 0.3 is 0 Å². The number of nitrogens with zero attached hydrogens (tertiary/aromatic N) is 2. The zero-order valence-corrected chi connectivity index (χ0v) is 17.6. The maximum atomic E-state index is 12.7. The fraction of sp³-hybridized carbons (Fsp3) is 0.304. The zero-order valence-electron chi connectivity index (χ0n) is 16.8. The number of benzene rings is 2. The molecule has 0 spiro atoms. The van der Waals surface area contributed by atoms with Gasteiger partial charge in [0.1, 0.15) is 5.75 Å². The van der Waals surface area contributed by atoms with Gasteiger partial charge in [-0.1, -0.05) is 24.3 Å². The van der Waals surface area contributed by atoms with E-state index in [1.165, 1.54) is 16.4 Å². The molecule has 4 rings (SSSR count). The molecule has 0 bridgehead atoms. The minimum absolute atomic E-state index is 0.264. The summed E-state index contributed by atoms with van der Waals surface area (Å²) in [5, 5.41) is 0. The molecule has 6 nitrogen and oxygen atoms in total. The molecular weight excluding hydrogens is 400 g/mol. The topological polar surface area (TPSA) is 60.8 Å². The van der Waals surface area contributed by atoms with E-state index in [0.717, 1.165) is 56.1 Å². The lowest BCUT2D eigenvalue weighted by Crippen LogP contribution is -2.37. The second kappa shape index (κ2) is 9.47. The van der Waals surface area contributed by atoms with Crippen LogP contribution in [0.1, 0.15) is 6.42 Å². The van der Waals surface area contributed by atoms with Crippen LogP contribution in [-0.2, 0) is 14.8 Å². The highest BCUT2D eigenvalue weighted by molar-refractivity contribution is 7.90. The number of morpholine rings is 1. The molecule has 30 heavy (non-hydrogen) atoms. The predicted molar refractivity (Wildman–Crippen MR) is 116 cm³/mol. The van der Waals surface area contributed by atoms with Gasteiger partial charge in [0.25, 0.3) is 10.0 Å². The van der Waals surface area contributed by atoms with E-state index in [9.17, 15) is 8.42 Å². The van der Waals surface area contributed by atoms with Gasteiger partial charge in [-0.2, -0.15) is 0 Å². The largest absolute Gasteiger partial charge is 0.494 e. The minimum Gasteiger partial charge on any atom is -0.494 e. The van der Waals surface area contributed by atoms with Crippen molar-refractivity contribution >= 4 is 10.0 Å². The van der Waals surface area contributed by atoms with Gasteiger partial charge in [0.05, 0.1) is 24.7 Å². The maximum Gasteiger partial charge on any atom is 0.267 e. The molecule has 0 unspecified atom stereocenters. The average molecular weight is 427 g/mol. The van der Waals surface area contributed by atoms with Gasteiger partial charge < -0.3 is 9.47 Å². The normalized spacial score (nSPS) is 15.2. The van der Waals surface area contributed by atoms with E-state index < -0.39 is 10.0 Å². The van der Waals surface area contributed by atoms with Crippen LogP contribution < -0.4 is 4.74 Å². The molecule has 1 saturated heterocycles. The van der Waals surface area contributed by atoms with Gasteiger partial charge in [0.2, 0.25) is 0 Å². The molecule has 0 N–H and O–H groups in total. The molecule has 2 aromatic carbocycles. The van der Waals surface area contributed by atoms with Crippen LogP contribution >= 0.6 is 0 Å². The van der Waals surface area contributed by atoms with Crippen molar-refractivity contribution in [1.82, 2.24) is 8.87 Å². The lowest BCUT2D eigenvalue weighted by molar-refractivity contribution is 0.0358.